The van der Waals surface area contributed by atoms with Gasteiger partial charge >= 0.3 is 0 Å². The van der Waals surface area contributed by atoms with Crippen LogP contribution in [0.1, 0.15) is 30.1 Å². The van der Waals surface area contributed by atoms with Crippen molar-refractivity contribution in [2.75, 3.05) is 19.6 Å². The van der Waals surface area contributed by atoms with E-state index in [0.717, 1.165) is 12.8 Å². The molecule has 0 spiro atoms. The molecular formula is C21H25N3O4. The van der Waals surface area contributed by atoms with Crippen molar-refractivity contribution < 1.29 is 19.4 Å². The lowest BCUT2D eigenvalue weighted by Gasteiger charge is -2.32. The van der Waals surface area contributed by atoms with Gasteiger partial charge in [0.2, 0.25) is 0 Å². The molecule has 7 nitrogen and oxygen atoms in total. The monoisotopic (exact) mass is 383 g/mol. The second-order valence-corrected chi connectivity index (χ2v) is 6.98. The normalized spacial score (nSPS) is 15.7. The van der Waals surface area contributed by atoms with Crippen molar-refractivity contribution in [2.45, 2.75) is 25.9 Å². The number of benzene rings is 1. The van der Waals surface area contributed by atoms with Crippen molar-refractivity contribution in [1.82, 2.24) is 15.2 Å². The summed E-state index contributed by atoms with van der Waals surface area (Å²) in [6.07, 6.45) is 4.30. The fraction of sp³-hybridized carbons (Fsp3) is 0.381. The Bertz CT molecular complexity index is 787. The number of piperidine rings is 1. The number of carbonyl (C=O) groups is 2. The summed E-state index contributed by atoms with van der Waals surface area (Å²) in [5.74, 6) is 0.844. The minimum atomic E-state index is -0.628. The molecule has 2 heterocycles. The average Bonchev–Trinajstić information content (AvgIpc) is 2.74. The molecule has 148 valence electrons. The van der Waals surface area contributed by atoms with Gasteiger partial charge in [0.25, 0.3) is 11.8 Å². The highest BCUT2D eigenvalue weighted by Crippen LogP contribution is 2.19. The van der Waals surface area contributed by atoms with E-state index in [1.807, 2.05) is 4.90 Å². The van der Waals surface area contributed by atoms with Gasteiger partial charge in [0.05, 0.1) is 5.56 Å². The zero-order chi connectivity index (χ0) is 19.9. The maximum atomic E-state index is 12.4. The number of likely N-dealkylation sites (tertiary alicyclic amines) is 1. The lowest BCUT2D eigenvalue weighted by atomic mass is 9.96. The van der Waals surface area contributed by atoms with Crippen molar-refractivity contribution in [3.63, 3.8) is 0 Å². The Hall–Kier alpha value is -3.09. The fourth-order valence-corrected chi connectivity index (χ4v) is 3.18. The molecule has 1 fully saturated rings. The quantitative estimate of drug-likeness (QED) is 0.798. The van der Waals surface area contributed by atoms with E-state index >= 15 is 0 Å². The highest BCUT2D eigenvalue weighted by Gasteiger charge is 2.24. The second kappa shape index (κ2) is 9.21. The average molecular weight is 383 g/mol. The minimum absolute atomic E-state index is 0.00602. The molecule has 0 aliphatic carbocycles. The highest BCUT2D eigenvalue weighted by atomic mass is 16.5. The van der Waals surface area contributed by atoms with Crippen LogP contribution in [0.15, 0.2) is 48.8 Å². The Balaban J connectivity index is 1.40. The number of hydrogen-bond donors (Lipinski definition) is 2. The van der Waals surface area contributed by atoms with Gasteiger partial charge in [-0.3, -0.25) is 14.6 Å². The third kappa shape index (κ3) is 5.22. The molecule has 1 aromatic heterocycles. The number of phenols is 1. The SMILES string of the molecule is CC(Oc1ccc(O)cc1)C(=O)NCC1CCN(C(=O)c2cccnc2)CC1. The molecule has 0 bridgehead atoms. The fourth-order valence-electron chi connectivity index (χ4n) is 3.18. The van der Waals surface area contributed by atoms with Crippen molar-refractivity contribution >= 4 is 11.8 Å². The number of nitrogens with zero attached hydrogens (tertiary/aromatic N) is 2. The van der Waals surface area contributed by atoms with Gasteiger partial charge < -0.3 is 20.1 Å². The molecule has 2 N–H and O–H groups in total. The molecule has 7 heteroatoms. The van der Waals surface area contributed by atoms with E-state index < -0.39 is 6.10 Å². The topological polar surface area (TPSA) is 91.8 Å². The number of ether oxygens (including phenoxy) is 1. The van der Waals surface area contributed by atoms with E-state index in [1.165, 1.54) is 12.1 Å². The summed E-state index contributed by atoms with van der Waals surface area (Å²) in [5.41, 5.74) is 0.606. The van der Waals surface area contributed by atoms with E-state index in [4.69, 9.17) is 4.74 Å². The third-order valence-corrected chi connectivity index (χ3v) is 4.89. The van der Waals surface area contributed by atoms with Gasteiger partial charge in [-0.2, -0.15) is 0 Å². The number of hydrogen-bond acceptors (Lipinski definition) is 5. The largest absolute Gasteiger partial charge is 0.508 e. The van der Waals surface area contributed by atoms with Crippen LogP contribution in [0.25, 0.3) is 0 Å². The van der Waals surface area contributed by atoms with Crippen LogP contribution < -0.4 is 10.1 Å². The smallest absolute Gasteiger partial charge is 0.260 e. The first-order valence-electron chi connectivity index (χ1n) is 9.45. The first-order valence-corrected chi connectivity index (χ1v) is 9.45. The Morgan fingerprint density at radius 2 is 1.96 bits per heavy atom. The van der Waals surface area contributed by atoms with Crippen LogP contribution >= 0.6 is 0 Å². The molecule has 1 aliphatic rings. The van der Waals surface area contributed by atoms with E-state index in [-0.39, 0.29) is 17.6 Å². The van der Waals surface area contributed by atoms with Gasteiger partial charge in [-0.1, -0.05) is 0 Å². The van der Waals surface area contributed by atoms with Crippen LogP contribution in [0.5, 0.6) is 11.5 Å². The van der Waals surface area contributed by atoms with Crippen LogP contribution in [0.2, 0.25) is 0 Å². The Kier molecular flexibility index (Phi) is 6.47. The maximum Gasteiger partial charge on any atom is 0.260 e. The minimum Gasteiger partial charge on any atom is -0.508 e. The van der Waals surface area contributed by atoms with Crippen molar-refractivity contribution in [1.29, 1.82) is 0 Å². The van der Waals surface area contributed by atoms with E-state index in [2.05, 4.69) is 10.3 Å². The first-order chi connectivity index (χ1) is 13.5. The summed E-state index contributed by atoms with van der Waals surface area (Å²) in [4.78, 5) is 30.5. The first kappa shape index (κ1) is 19.7. The molecule has 2 amide bonds. The number of rotatable bonds is 6. The van der Waals surface area contributed by atoms with Crippen molar-refractivity contribution in [3.05, 3.63) is 54.4 Å². The Morgan fingerprint density at radius 3 is 2.61 bits per heavy atom. The molecule has 0 radical (unpaired) electrons. The van der Waals surface area contributed by atoms with Gasteiger partial charge in [-0.05, 0) is 62.1 Å². The lowest BCUT2D eigenvalue weighted by molar-refractivity contribution is -0.127. The summed E-state index contributed by atoms with van der Waals surface area (Å²) < 4.78 is 5.59. The molecular weight excluding hydrogens is 358 g/mol. The van der Waals surface area contributed by atoms with Gasteiger partial charge in [-0.25, -0.2) is 0 Å². The van der Waals surface area contributed by atoms with Crippen LogP contribution in [-0.2, 0) is 4.79 Å². The van der Waals surface area contributed by atoms with Crippen LogP contribution in [0.4, 0.5) is 0 Å². The predicted molar refractivity (Wildman–Crippen MR) is 104 cm³/mol. The van der Waals surface area contributed by atoms with E-state index in [1.54, 1.807) is 43.6 Å². The van der Waals surface area contributed by atoms with Crippen LogP contribution in [0.3, 0.4) is 0 Å². The van der Waals surface area contributed by atoms with E-state index in [9.17, 15) is 14.7 Å². The number of aromatic hydroxyl groups is 1. The molecule has 1 unspecified atom stereocenters. The number of nitrogens with one attached hydrogen (secondary N) is 1. The van der Waals surface area contributed by atoms with Crippen molar-refractivity contribution in [3.8, 4) is 11.5 Å². The molecule has 1 atom stereocenters. The third-order valence-electron chi connectivity index (χ3n) is 4.89. The summed E-state index contributed by atoms with van der Waals surface area (Å²) in [6, 6.07) is 9.80. The Morgan fingerprint density at radius 1 is 1.25 bits per heavy atom. The van der Waals surface area contributed by atoms with Crippen LogP contribution in [0, 0.1) is 5.92 Å². The van der Waals surface area contributed by atoms with Crippen molar-refractivity contribution in [2.24, 2.45) is 5.92 Å². The molecule has 1 aliphatic heterocycles. The second-order valence-electron chi connectivity index (χ2n) is 6.98. The zero-order valence-corrected chi connectivity index (χ0v) is 15.9. The molecule has 1 saturated heterocycles. The molecule has 28 heavy (non-hydrogen) atoms. The summed E-state index contributed by atoms with van der Waals surface area (Å²) >= 11 is 0. The number of amides is 2. The summed E-state index contributed by atoms with van der Waals surface area (Å²) in [6.45, 7) is 3.61. The molecule has 3 rings (SSSR count). The lowest BCUT2D eigenvalue weighted by Crippen LogP contribution is -2.43. The zero-order valence-electron chi connectivity index (χ0n) is 15.9. The standard InChI is InChI=1S/C21H25N3O4/c1-15(28-19-6-4-18(25)5-7-19)20(26)23-13-16-8-11-24(12-9-16)21(27)17-3-2-10-22-14-17/h2-7,10,14-16,25H,8-9,11-13H2,1H3,(H,23,26). The number of pyridine rings is 1. The highest BCUT2D eigenvalue weighted by molar-refractivity contribution is 5.93. The molecule has 1 aromatic carbocycles. The van der Waals surface area contributed by atoms with Gasteiger partial charge in [0.1, 0.15) is 11.5 Å². The van der Waals surface area contributed by atoms with Gasteiger partial charge in [0.15, 0.2) is 6.10 Å². The predicted octanol–water partition coefficient (Wildman–Crippen LogP) is 2.22. The number of phenolic OH excluding ortho intramolecular Hbond substituents is 1. The molecule has 2 aromatic rings. The number of carbonyl (C=O) groups excluding carboxylic acids is 2. The van der Waals surface area contributed by atoms with Crippen LogP contribution in [-0.4, -0.2) is 52.5 Å². The maximum absolute atomic E-state index is 12.4. The van der Waals surface area contributed by atoms with Gasteiger partial charge in [-0.15, -0.1) is 0 Å². The Labute approximate surface area is 164 Å². The summed E-state index contributed by atoms with van der Waals surface area (Å²) in [5, 5.41) is 12.2. The molecule has 0 saturated carbocycles. The summed E-state index contributed by atoms with van der Waals surface area (Å²) in [7, 11) is 0. The number of aromatic nitrogens is 1. The van der Waals surface area contributed by atoms with E-state index in [0.29, 0.717) is 36.9 Å². The van der Waals surface area contributed by atoms with Gasteiger partial charge in [0, 0.05) is 32.0 Å².